The second-order valence-electron chi connectivity index (χ2n) is 7.29. The number of hydrogen-bond acceptors (Lipinski definition) is 2. The first-order valence-corrected chi connectivity index (χ1v) is 9.35. The first kappa shape index (κ1) is 16.5. The number of carbonyl (C=O) groups excluding carboxylic acids is 1. The molecule has 2 N–H and O–H groups in total. The zero-order chi connectivity index (χ0) is 15.9. The van der Waals surface area contributed by atoms with Crippen molar-refractivity contribution in [1.29, 1.82) is 0 Å². The van der Waals surface area contributed by atoms with Gasteiger partial charge in [-0.2, -0.15) is 0 Å². The van der Waals surface area contributed by atoms with Crippen molar-refractivity contribution < 1.29 is 4.79 Å². The number of benzene rings is 1. The van der Waals surface area contributed by atoms with Crippen molar-refractivity contribution in [2.24, 2.45) is 11.8 Å². The highest BCUT2D eigenvalue weighted by Gasteiger charge is 2.28. The van der Waals surface area contributed by atoms with Gasteiger partial charge in [0, 0.05) is 12.5 Å². The molecule has 1 aromatic rings. The third-order valence-corrected chi connectivity index (χ3v) is 5.58. The van der Waals surface area contributed by atoms with Gasteiger partial charge < -0.3 is 10.6 Å². The summed E-state index contributed by atoms with van der Waals surface area (Å²) in [5.74, 6) is 1.62. The Morgan fingerprint density at radius 3 is 2.65 bits per heavy atom. The molecule has 1 heterocycles. The highest BCUT2D eigenvalue weighted by molar-refractivity contribution is 5.76. The van der Waals surface area contributed by atoms with Crippen LogP contribution in [-0.2, 0) is 11.2 Å². The second-order valence-corrected chi connectivity index (χ2v) is 7.29. The molecule has 23 heavy (non-hydrogen) atoms. The third kappa shape index (κ3) is 5.07. The molecule has 0 radical (unpaired) electrons. The van der Waals surface area contributed by atoms with Crippen LogP contribution in [0, 0.1) is 11.8 Å². The summed E-state index contributed by atoms with van der Waals surface area (Å²) < 4.78 is 0. The molecular formula is C20H30N2O. The Hall–Kier alpha value is -1.35. The molecule has 3 rings (SSSR count). The van der Waals surface area contributed by atoms with E-state index in [0.717, 1.165) is 38.3 Å². The third-order valence-electron chi connectivity index (χ3n) is 5.58. The number of nitrogens with one attached hydrogen (secondary N) is 2. The Labute approximate surface area is 140 Å². The van der Waals surface area contributed by atoms with Gasteiger partial charge in [-0.15, -0.1) is 0 Å². The zero-order valence-corrected chi connectivity index (χ0v) is 14.1. The highest BCUT2D eigenvalue weighted by atomic mass is 16.1. The molecule has 3 nitrogen and oxygen atoms in total. The van der Waals surface area contributed by atoms with Crippen LogP contribution >= 0.6 is 0 Å². The molecule has 1 aliphatic heterocycles. The van der Waals surface area contributed by atoms with E-state index in [0.29, 0.717) is 18.4 Å². The molecule has 1 aromatic carbocycles. The normalized spacial score (nSPS) is 25.4. The van der Waals surface area contributed by atoms with Crippen molar-refractivity contribution >= 4 is 5.91 Å². The number of hydrogen-bond donors (Lipinski definition) is 2. The van der Waals surface area contributed by atoms with Gasteiger partial charge in [0.2, 0.25) is 5.91 Å². The van der Waals surface area contributed by atoms with Gasteiger partial charge in [0.05, 0.1) is 0 Å². The van der Waals surface area contributed by atoms with Crippen molar-refractivity contribution in [3.8, 4) is 0 Å². The molecule has 1 amide bonds. The summed E-state index contributed by atoms with van der Waals surface area (Å²) in [6.45, 7) is 2.24. The van der Waals surface area contributed by atoms with Gasteiger partial charge in [0.25, 0.3) is 0 Å². The van der Waals surface area contributed by atoms with Crippen LogP contribution in [-0.4, -0.2) is 25.0 Å². The Morgan fingerprint density at radius 2 is 1.87 bits per heavy atom. The summed E-state index contributed by atoms with van der Waals surface area (Å²) in [5, 5.41) is 6.72. The minimum atomic E-state index is 0.272. The molecule has 1 aliphatic carbocycles. The predicted octanol–water partition coefficient (Wildman–Crippen LogP) is 3.29. The minimum absolute atomic E-state index is 0.272. The van der Waals surface area contributed by atoms with E-state index in [1.807, 2.05) is 0 Å². The summed E-state index contributed by atoms with van der Waals surface area (Å²) in [7, 11) is 0. The Kier molecular flexibility index (Phi) is 6.09. The van der Waals surface area contributed by atoms with Crippen LogP contribution in [0.5, 0.6) is 0 Å². The Bertz CT molecular complexity index is 482. The quantitative estimate of drug-likeness (QED) is 0.846. The van der Waals surface area contributed by atoms with E-state index in [9.17, 15) is 4.79 Å². The minimum Gasteiger partial charge on any atom is -0.353 e. The topological polar surface area (TPSA) is 41.1 Å². The molecule has 3 heteroatoms. The molecule has 0 aromatic heterocycles. The fraction of sp³-hybridized carbons (Fsp3) is 0.650. The van der Waals surface area contributed by atoms with Crippen LogP contribution < -0.4 is 10.6 Å². The van der Waals surface area contributed by atoms with E-state index in [4.69, 9.17) is 0 Å². The van der Waals surface area contributed by atoms with Crippen LogP contribution in [0.4, 0.5) is 0 Å². The highest BCUT2D eigenvalue weighted by Crippen LogP contribution is 2.29. The van der Waals surface area contributed by atoms with Crippen molar-refractivity contribution in [3.63, 3.8) is 0 Å². The van der Waals surface area contributed by atoms with Gasteiger partial charge >= 0.3 is 0 Å². The first-order valence-electron chi connectivity index (χ1n) is 9.35. The molecule has 1 saturated carbocycles. The van der Waals surface area contributed by atoms with E-state index >= 15 is 0 Å². The van der Waals surface area contributed by atoms with Gasteiger partial charge in [0.15, 0.2) is 0 Å². The van der Waals surface area contributed by atoms with Crippen LogP contribution in [0.1, 0.15) is 50.5 Å². The van der Waals surface area contributed by atoms with Gasteiger partial charge in [-0.3, -0.25) is 4.79 Å². The lowest BCUT2D eigenvalue weighted by molar-refractivity contribution is -0.122. The molecule has 126 valence electrons. The molecule has 2 fully saturated rings. The summed E-state index contributed by atoms with van der Waals surface area (Å²) >= 11 is 0. The molecule has 0 spiro atoms. The maximum Gasteiger partial charge on any atom is 0.220 e. The molecular weight excluding hydrogens is 284 g/mol. The molecule has 2 atom stereocenters. The van der Waals surface area contributed by atoms with Gasteiger partial charge in [-0.25, -0.2) is 0 Å². The monoisotopic (exact) mass is 314 g/mol. The van der Waals surface area contributed by atoms with Crippen LogP contribution in [0.15, 0.2) is 30.3 Å². The fourth-order valence-corrected chi connectivity index (χ4v) is 4.17. The Morgan fingerprint density at radius 1 is 1.09 bits per heavy atom. The SMILES string of the molecule is O=C(CCC1CCNCC1)NC1CCCC1Cc1ccccc1. The van der Waals surface area contributed by atoms with Crippen molar-refractivity contribution in [2.75, 3.05) is 13.1 Å². The van der Waals surface area contributed by atoms with Crippen LogP contribution in [0.3, 0.4) is 0 Å². The lowest BCUT2D eigenvalue weighted by atomic mass is 9.92. The van der Waals surface area contributed by atoms with Crippen molar-refractivity contribution in [3.05, 3.63) is 35.9 Å². The summed E-state index contributed by atoms with van der Waals surface area (Å²) in [6.07, 6.45) is 8.96. The van der Waals surface area contributed by atoms with Crippen molar-refractivity contribution in [1.82, 2.24) is 10.6 Å². The lowest BCUT2D eigenvalue weighted by Gasteiger charge is -2.24. The maximum absolute atomic E-state index is 12.3. The Balaban J connectivity index is 1.43. The van der Waals surface area contributed by atoms with Gasteiger partial charge in [0.1, 0.15) is 0 Å². The molecule has 0 bridgehead atoms. The van der Waals surface area contributed by atoms with E-state index in [-0.39, 0.29) is 5.91 Å². The van der Waals surface area contributed by atoms with Gasteiger partial charge in [-0.05, 0) is 69.0 Å². The first-order chi connectivity index (χ1) is 11.3. The average Bonchev–Trinajstić information content (AvgIpc) is 3.02. The van der Waals surface area contributed by atoms with E-state index in [1.165, 1.54) is 31.2 Å². The number of carbonyl (C=O) groups is 1. The summed E-state index contributed by atoms with van der Waals surface area (Å²) in [5.41, 5.74) is 1.40. The predicted molar refractivity (Wildman–Crippen MR) is 94.2 cm³/mol. The summed E-state index contributed by atoms with van der Waals surface area (Å²) in [4.78, 5) is 12.3. The van der Waals surface area contributed by atoms with E-state index in [1.54, 1.807) is 0 Å². The second kappa shape index (κ2) is 8.49. The van der Waals surface area contributed by atoms with E-state index in [2.05, 4.69) is 41.0 Å². The molecule has 2 unspecified atom stereocenters. The fourth-order valence-electron chi connectivity index (χ4n) is 4.17. The average molecular weight is 314 g/mol. The van der Waals surface area contributed by atoms with Crippen LogP contribution in [0.2, 0.25) is 0 Å². The standard InChI is InChI=1S/C20H30N2O/c23-20(10-9-16-11-13-21-14-12-16)22-19-8-4-7-18(19)15-17-5-2-1-3-6-17/h1-3,5-6,16,18-19,21H,4,7-15H2,(H,22,23). The zero-order valence-electron chi connectivity index (χ0n) is 14.1. The van der Waals surface area contributed by atoms with Crippen molar-refractivity contribution in [2.45, 2.75) is 57.4 Å². The lowest BCUT2D eigenvalue weighted by Crippen LogP contribution is -2.38. The van der Waals surface area contributed by atoms with Gasteiger partial charge in [-0.1, -0.05) is 36.8 Å². The number of rotatable bonds is 6. The van der Waals surface area contributed by atoms with Crippen LogP contribution in [0.25, 0.3) is 0 Å². The molecule has 2 aliphatic rings. The molecule has 1 saturated heterocycles. The number of piperidine rings is 1. The maximum atomic E-state index is 12.3. The van der Waals surface area contributed by atoms with E-state index < -0.39 is 0 Å². The largest absolute Gasteiger partial charge is 0.353 e. The number of amides is 1. The smallest absolute Gasteiger partial charge is 0.220 e. The summed E-state index contributed by atoms with van der Waals surface area (Å²) in [6, 6.07) is 11.1.